The minimum Gasteiger partial charge on any atom is -0.392 e. The first-order valence-electron chi connectivity index (χ1n) is 6.76. The number of rotatable bonds is 3. The van der Waals surface area contributed by atoms with Gasteiger partial charge in [-0.05, 0) is 25.0 Å². The molecule has 0 bridgehead atoms. The third-order valence-electron chi connectivity index (χ3n) is 4.03. The summed E-state index contributed by atoms with van der Waals surface area (Å²) in [5.74, 6) is 0. The van der Waals surface area contributed by atoms with Crippen molar-refractivity contribution in [3.05, 3.63) is 52.7 Å². The second kappa shape index (κ2) is 5.33. The number of allylic oxidation sites excluding steroid dienone is 3. The molecule has 7 heteroatoms. The second-order valence-corrected chi connectivity index (χ2v) is 8.43. The molecule has 22 heavy (non-hydrogen) atoms. The largest absolute Gasteiger partial charge is 0.392 e. The van der Waals surface area contributed by atoms with Gasteiger partial charge in [0.15, 0.2) is 0 Å². The standard InChI is InChI=1S/C15H15BrN2O3S/c1-15(8-3-2-7-14(15)16)22(20,21)18-13-6-4-5-11(10-19)12(13)9-17-18/h2-7,9,19H,8,10H2,1H3. The van der Waals surface area contributed by atoms with Crippen molar-refractivity contribution in [2.45, 2.75) is 24.7 Å². The van der Waals surface area contributed by atoms with E-state index in [2.05, 4.69) is 21.0 Å². The van der Waals surface area contributed by atoms with E-state index >= 15 is 0 Å². The molecule has 3 rings (SSSR count). The zero-order valence-corrected chi connectivity index (χ0v) is 14.3. The maximum Gasteiger partial charge on any atom is 0.264 e. The summed E-state index contributed by atoms with van der Waals surface area (Å²) in [7, 11) is -3.76. The molecule has 1 atom stereocenters. The maximum atomic E-state index is 13.1. The summed E-state index contributed by atoms with van der Waals surface area (Å²) in [6.45, 7) is 1.52. The molecule has 1 N–H and O–H groups in total. The molecule has 1 aliphatic carbocycles. The first-order valence-corrected chi connectivity index (χ1v) is 8.99. The topological polar surface area (TPSA) is 72.2 Å². The van der Waals surface area contributed by atoms with Gasteiger partial charge in [0, 0.05) is 9.87 Å². The van der Waals surface area contributed by atoms with Gasteiger partial charge in [0.25, 0.3) is 10.0 Å². The van der Waals surface area contributed by atoms with E-state index in [0.717, 1.165) is 4.09 Å². The molecule has 0 aliphatic heterocycles. The lowest BCUT2D eigenvalue weighted by molar-refractivity contribution is 0.283. The van der Waals surface area contributed by atoms with Crippen LogP contribution in [-0.4, -0.2) is 27.5 Å². The van der Waals surface area contributed by atoms with Crippen LogP contribution < -0.4 is 0 Å². The summed E-state index contributed by atoms with van der Waals surface area (Å²) in [5.41, 5.74) is 1.13. The number of hydrogen-bond donors (Lipinski definition) is 1. The first-order chi connectivity index (χ1) is 10.4. The van der Waals surface area contributed by atoms with Crippen molar-refractivity contribution in [1.29, 1.82) is 0 Å². The molecule has 116 valence electrons. The summed E-state index contributed by atoms with van der Waals surface area (Å²) in [5, 5.41) is 14.1. The molecule has 2 aromatic rings. The molecule has 0 radical (unpaired) electrons. The highest BCUT2D eigenvalue weighted by Crippen LogP contribution is 2.39. The third-order valence-corrected chi connectivity index (χ3v) is 7.70. The molecule has 1 aliphatic rings. The molecule has 5 nitrogen and oxygen atoms in total. The van der Waals surface area contributed by atoms with Crippen LogP contribution in [0.3, 0.4) is 0 Å². The van der Waals surface area contributed by atoms with E-state index in [1.165, 1.54) is 6.20 Å². The van der Waals surface area contributed by atoms with E-state index in [9.17, 15) is 13.5 Å². The van der Waals surface area contributed by atoms with Gasteiger partial charge in [0.05, 0.1) is 18.3 Å². The summed E-state index contributed by atoms with van der Waals surface area (Å²) in [6, 6.07) is 5.16. The van der Waals surface area contributed by atoms with Crippen LogP contribution in [0, 0.1) is 0 Å². The van der Waals surface area contributed by atoms with Gasteiger partial charge in [-0.1, -0.05) is 46.3 Å². The quantitative estimate of drug-likeness (QED) is 0.885. The smallest absolute Gasteiger partial charge is 0.264 e. The summed E-state index contributed by atoms with van der Waals surface area (Å²) in [4.78, 5) is 0. The number of aliphatic hydroxyl groups is 1. The lowest BCUT2D eigenvalue weighted by Gasteiger charge is -2.29. The Kier molecular flexibility index (Phi) is 3.74. The fraction of sp³-hybridized carbons (Fsp3) is 0.267. The van der Waals surface area contributed by atoms with Gasteiger partial charge in [-0.3, -0.25) is 0 Å². The number of halogens is 1. The lowest BCUT2D eigenvalue weighted by Crippen LogP contribution is -2.40. The van der Waals surface area contributed by atoms with E-state index in [1.54, 1.807) is 31.2 Å². The van der Waals surface area contributed by atoms with Crippen molar-refractivity contribution < 1.29 is 13.5 Å². The van der Waals surface area contributed by atoms with E-state index in [4.69, 9.17) is 0 Å². The van der Waals surface area contributed by atoms with Crippen molar-refractivity contribution in [3.63, 3.8) is 0 Å². The fourth-order valence-corrected chi connectivity index (χ4v) is 5.08. The monoisotopic (exact) mass is 382 g/mol. The summed E-state index contributed by atoms with van der Waals surface area (Å²) < 4.78 is 26.8. The van der Waals surface area contributed by atoms with Gasteiger partial charge in [0.2, 0.25) is 0 Å². The number of nitrogens with zero attached hydrogens (tertiary/aromatic N) is 2. The highest BCUT2D eigenvalue weighted by molar-refractivity contribution is 9.12. The van der Waals surface area contributed by atoms with Gasteiger partial charge >= 0.3 is 0 Å². The van der Waals surface area contributed by atoms with Crippen molar-refractivity contribution in [1.82, 2.24) is 9.19 Å². The van der Waals surface area contributed by atoms with E-state index in [1.807, 2.05) is 12.2 Å². The van der Waals surface area contributed by atoms with Gasteiger partial charge in [-0.15, -0.1) is 0 Å². The predicted molar refractivity (Wildman–Crippen MR) is 89.1 cm³/mol. The Balaban J connectivity index is 2.23. The number of benzene rings is 1. The Hall–Kier alpha value is -1.44. The second-order valence-electron chi connectivity index (χ2n) is 5.38. The Labute approximate surface area is 137 Å². The minimum atomic E-state index is -3.76. The average Bonchev–Trinajstić information content (AvgIpc) is 2.94. The molecular formula is C15H15BrN2O3S. The van der Waals surface area contributed by atoms with Crippen LogP contribution in [0.5, 0.6) is 0 Å². The predicted octanol–water partition coefficient (Wildman–Crippen LogP) is 2.70. The first kappa shape index (κ1) is 15.5. The Bertz CT molecular complexity index is 899. The number of hydrogen-bond acceptors (Lipinski definition) is 4. The molecular weight excluding hydrogens is 368 g/mol. The van der Waals surface area contributed by atoms with Crippen LogP contribution in [0.2, 0.25) is 0 Å². The molecule has 1 unspecified atom stereocenters. The minimum absolute atomic E-state index is 0.160. The van der Waals surface area contributed by atoms with Gasteiger partial charge < -0.3 is 5.11 Å². The van der Waals surface area contributed by atoms with Crippen molar-refractivity contribution in [2.75, 3.05) is 0 Å². The van der Waals surface area contributed by atoms with E-state index < -0.39 is 14.8 Å². The SMILES string of the molecule is CC1(S(=O)(=O)n2ncc3c(CO)cccc32)CC=CC=C1Br. The number of aliphatic hydroxyl groups excluding tert-OH is 1. The molecule has 1 aromatic carbocycles. The highest BCUT2D eigenvalue weighted by atomic mass is 79.9. The highest BCUT2D eigenvalue weighted by Gasteiger charge is 2.44. The van der Waals surface area contributed by atoms with Crippen LogP contribution >= 0.6 is 15.9 Å². The number of fused-ring (bicyclic) bond motifs is 1. The van der Waals surface area contributed by atoms with Gasteiger partial charge in [0.1, 0.15) is 4.75 Å². The maximum absolute atomic E-state index is 13.1. The van der Waals surface area contributed by atoms with E-state index in [0.29, 0.717) is 27.4 Å². The average molecular weight is 383 g/mol. The van der Waals surface area contributed by atoms with Crippen LogP contribution in [-0.2, 0) is 16.6 Å². The molecule has 1 heterocycles. The van der Waals surface area contributed by atoms with Crippen molar-refractivity contribution in [2.24, 2.45) is 0 Å². The van der Waals surface area contributed by atoms with E-state index in [-0.39, 0.29) is 6.61 Å². The van der Waals surface area contributed by atoms with Crippen LogP contribution in [0.25, 0.3) is 10.9 Å². The molecule has 0 spiro atoms. The fourth-order valence-electron chi connectivity index (χ4n) is 2.56. The third kappa shape index (κ3) is 2.07. The Morgan fingerprint density at radius 3 is 2.91 bits per heavy atom. The van der Waals surface area contributed by atoms with Gasteiger partial charge in [-0.25, -0.2) is 8.42 Å². The molecule has 1 aromatic heterocycles. The molecule has 0 amide bonds. The Morgan fingerprint density at radius 1 is 1.45 bits per heavy atom. The van der Waals surface area contributed by atoms with Crippen LogP contribution in [0.1, 0.15) is 18.9 Å². The summed E-state index contributed by atoms with van der Waals surface area (Å²) >= 11 is 3.37. The van der Waals surface area contributed by atoms with Crippen LogP contribution in [0.15, 0.2) is 47.1 Å². The zero-order chi connectivity index (χ0) is 16.0. The normalized spacial score (nSPS) is 22.0. The van der Waals surface area contributed by atoms with Crippen molar-refractivity contribution in [3.8, 4) is 0 Å². The van der Waals surface area contributed by atoms with Gasteiger partial charge in [-0.2, -0.15) is 9.19 Å². The zero-order valence-electron chi connectivity index (χ0n) is 11.9. The summed E-state index contributed by atoms with van der Waals surface area (Å²) in [6.07, 6.45) is 7.25. The van der Waals surface area contributed by atoms with Crippen molar-refractivity contribution >= 4 is 36.9 Å². The lowest BCUT2D eigenvalue weighted by atomic mass is 10.0. The Morgan fingerprint density at radius 2 is 2.23 bits per heavy atom. The van der Waals surface area contributed by atoms with Crippen LogP contribution in [0.4, 0.5) is 0 Å². The number of aromatic nitrogens is 2. The molecule has 0 saturated carbocycles. The molecule has 0 fully saturated rings. The molecule has 0 saturated heterocycles.